The van der Waals surface area contributed by atoms with Gasteiger partial charge in [-0.25, -0.2) is 4.79 Å². The van der Waals surface area contributed by atoms with E-state index in [-0.39, 0.29) is 12.5 Å². The van der Waals surface area contributed by atoms with Gasteiger partial charge in [0.15, 0.2) is 0 Å². The highest BCUT2D eigenvalue weighted by Gasteiger charge is 2.31. The van der Waals surface area contributed by atoms with E-state index >= 15 is 0 Å². The van der Waals surface area contributed by atoms with E-state index in [1.807, 2.05) is 13.8 Å². The van der Waals surface area contributed by atoms with Crippen molar-refractivity contribution in [3.05, 3.63) is 59.8 Å². The number of allylic oxidation sites excluding steroid dienone is 2. The van der Waals surface area contributed by atoms with Crippen molar-refractivity contribution in [3.8, 4) is 0 Å². The highest BCUT2D eigenvalue weighted by Crippen LogP contribution is 2.32. The van der Waals surface area contributed by atoms with Gasteiger partial charge in [0.2, 0.25) is 0 Å². The molecule has 0 aliphatic carbocycles. The standard InChI is InChI=1S/C17H18F3NO2/c1-12(2)11-23-16(22)21-10-4-3-5-15(21)13-6-8-14(9-7-13)17(18,19)20/h3-10,12,15H,11H2,1-2H3/t15-/m1/s1. The Balaban J connectivity index is 2.17. The van der Waals surface area contributed by atoms with Crippen LogP contribution in [0.15, 0.2) is 48.7 Å². The lowest BCUT2D eigenvalue weighted by molar-refractivity contribution is -0.137. The average Bonchev–Trinajstić information content (AvgIpc) is 2.52. The molecular weight excluding hydrogens is 307 g/mol. The average molecular weight is 325 g/mol. The molecule has 0 N–H and O–H groups in total. The Morgan fingerprint density at radius 2 is 1.87 bits per heavy atom. The second kappa shape index (κ2) is 6.89. The topological polar surface area (TPSA) is 29.5 Å². The third-order valence-corrected chi connectivity index (χ3v) is 3.28. The molecule has 1 atom stereocenters. The Hall–Kier alpha value is -2.24. The van der Waals surface area contributed by atoms with E-state index in [1.165, 1.54) is 17.0 Å². The van der Waals surface area contributed by atoms with Crippen molar-refractivity contribution in [2.24, 2.45) is 5.92 Å². The van der Waals surface area contributed by atoms with Gasteiger partial charge >= 0.3 is 12.3 Å². The van der Waals surface area contributed by atoms with Crippen LogP contribution in [0.3, 0.4) is 0 Å². The minimum atomic E-state index is -4.38. The molecule has 1 aromatic rings. The molecule has 1 amide bonds. The number of nitrogens with zero attached hydrogens (tertiary/aromatic N) is 1. The van der Waals surface area contributed by atoms with E-state index < -0.39 is 23.9 Å². The number of carbonyl (C=O) groups excluding carboxylic acids is 1. The van der Waals surface area contributed by atoms with E-state index in [1.54, 1.807) is 24.4 Å². The summed E-state index contributed by atoms with van der Waals surface area (Å²) in [6.45, 7) is 4.13. The first kappa shape index (κ1) is 17.1. The van der Waals surface area contributed by atoms with Crippen molar-refractivity contribution in [1.29, 1.82) is 0 Å². The molecule has 0 bridgehead atoms. The van der Waals surface area contributed by atoms with Crippen molar-refractivity contribution >= 4 is 6.09 Å². The van der Waals surface area contributed by atoms with E-state index in [2.05, 4.69) is 0 Å². The number of rotatable bonds is 3. The molecule has 1 aliphatic heterocycles. The molecule has 0 unspecified atom stereocenters. The van der Waals surface area contributed by atoms with Crippen molar-refractivity contribution in [2.45, 2.75) is 26.1 Å². The quantitative estimate of drug-likeness (QED) is 0.789. The minimum Gasteiger partial charge on any atom is -0.449 e. The molecule has 0 spiro atoms. The Labute approximate surface area is 133 Å². The lowest BCUT2D eigenvalue weighted by Gasteiger charge is -2.28. The summed E-state index contributed by atoms with van der Waals surface area (Å²) in [7, 11) is 0. The van der Waals surface area contributed by atoms with E-state index in [4.69, 9.17) is 4.74 Å². The predicted molar refractivity (Wildman–Crippen MR) is 80.5 cm³/mol. The van der Waals surface area contributed by atoms with Crippen LogP contribution >= 0.6 is 0 Å². The number of carbonyl (C=O) groups is 1. The Morgan fingerprint density at radius 1 is 1.22 bits per heavy atom. The molecule has 124 valence electrons. The molecular formula is C17H18F3NO2. The van der Waals surface area contributed by atoms with Crippen molar-refractivity contribution in [3.63, 3.8) is 0 Å². The molecule has 1 heterocycles. The summed E-state index contributed by atoms with van der Waals surface area (Å²) < 4.78 is 43.1. The summed E-state index contributed by atoms with van der Waals surface area (Å²) in [6.07, 6.45) is 1.82. The van der Waals surface area contributed by atoms with Gasteiger partial charge in [0.1, 0.15) is 0 Å². The fourth-order valence-corrected chi connectivity index (χ4v) is 2.13. The first-order valence-electron chi connectivity index (χ1n) is 7.26. The lowest BCUT2D eigenvalue weighted by atomic mass is 10.0. The summed E-state index contributed by atoms with van der Waals surface area (Å²) in [5.74, 6) is 0.202. The summed E-state index contributed by atoms with van der Waals surface area (Å²) in [4.78, 5) is 13.5. The minimum absolute atomic E-state index is 0.202. The van der Waals surface area contributed by atoms with Gasteiger partial charge in [0.25, 0.3) is 0 Å². The zero-order valence-electron chi connectivity index (χ0n) is 12.9. The van der Waals surface area contributed by atoms with Crippen LogP contribution in [-0.2, 0) is 10.9 Å². The molecule has 6 heteroatoms. The summed E-state index contributed by atoms with van der Waals surface area (Å²) in [5, 5.41) is 0. The van der Waals surface area contributed by atoms with Crippen LogP contribution in [0.1, 0.15) is 31.0 Å². The zero-order chi connectivity index (χ0) is 17.0. The van der Waals surface area contributed by atoms with Crippen molar-refractivity contribution in [2.75, 3.05) is 6.61 Å². The molecule has 0 aromatic heterocycles. The SMILES string of the molecule is CC(C)COC(=O)N1C=CC=C[C@@H]1c1ccc(C(F)(F)F)cc1. The first-order chi connectivity index (χ1) is 10.8. The normalized spacial score (nSPS) is 17.7. The van der Waals surface area contributed by atoms with Crippen LogP contribution in [0.5, 0.6) is 0 Å². The zero-order valence-corrected chi connectivity index (χ0v) is 12.9. The second-order valence-electron chi connectivity index (χ2n) is 5.67. The van der Waals surface area contributed by atoms with Crippen molar-refractivity contribution in [1.82, 2.24) is 4.90 Å². The lowest BCUT2D eigenvalue weighted by Crippen LogP contribution is -2.31. The number of halogens is 3. The van der Waals surface area contributed by atoms with Crippen LogP contribution in [0.4, 0.5) is 18.0 Å². The van der Waals surface area contributed by atoms with Crippen LogP contribution in [0, 0.1) is 5.92 Å². The van der Waals surface area contributed by atoms with Gasteiger partial charge in [-0.1, -0.05) is 38.1 Å². The fraction of sp³-hybridized carbons (Fsp3) is 0.353. The van der Waals surface area contributed by atoms with E-state index in [0.29, 0.717) is 5.56 Å². The molecule has 1 aromatic carbocycles. The molecule has 1 aliphatic rings. The number of alkyl halides is 3. The summed E-state index contributed by atoms with van der Waals surface area (Å²) in [6, 6.07) is 4.29. The third kappa shape index (κ3) is 4.37. The van der Waals surface area contributed by atoms with Crippen LogP contribution in [0.25, 0.3) is 0 Å². The van der Waals surface area contributed by atoms with Gasteiger partial charge in [0, 0.05) is 6.20 Å². The fourth-order valence-electron chi connectivity index (χ4n) is 2.13. The number of amides is 1. The van der Waals surface area contributed by atoms with Gasteiger partial charge in [-0.3, -0.25) is 4.90 Å². The maximum absolute atomic E-state index is 12.6. The third-order valence-electron chi connectivity index (χ3n) is 3.28. The molecule has 2 rings (SSSR count). The number of ether oxygens (including phenoxy) is 1. The second-order valence-corrected chi connectivity index (χ2v) is 5.67. The number of hydrogen-bond acceptors (Lipinski definition) is 2. The largest absolute Gasteiger partial charge is 0.449 e. The first-order valence-corrected chi connectivity index (χ1v) is 7.26. The Morgan fingerprint density at radius 3 is 2.43 bits per heavy atom. The van der Waals surface area contributed by atoms with Gasteiger partial charge < -0.3 is 4.74 Å². The summed E-state index contributed by atoms with van der Waals surface area (Å²) >= 11 is 0. The van der Waals surface area contributed by atoms with Crippen LogP contribution in [0.2, 0.25) is 0 Å². The monoisotopic (exact) mass is 325 g/mol. The molecule has 23 heavy (non-hydrogen) atoms. The Bertz CT molecular complexity index is 603. The van der Waals surface area contributed by atoms with E-state index in [9.17, 15) is 18.0 Å². The predicted octanol–water partition coefficient (Wildman–Crippen LogP) is 4.92. The van der Waals surface area contributed by atoms with E-state index in [0.717, 1.165) is 12.1 Å². The maximum atomic E-state index is 12.6. The molecule has 3 nitrogen and oxygen atoms in total. The number of hydrogen-bond donors (Lipinski definition) is 0. The van der Waals surface area contributed by atoms with Gasteiger partial charge in [-0.2, -0.15) is 13.2 Å². The van der Waals surface area contributed by atoms with Gasteiger partial charge in [-0.05, 0) is 29.7 Å². The molecule has 0 saturated heterocycles. The highest BCUT2D eigenvalue weighted by atomic mass is 19.4. The van der Waals surface area contributed by atoms with Crippen LogP contribution < -0.4 is 0 Å². The number of benzene rings is 1. The molecule has 0 saturated carbocycles. The maximum Gasteiger partial charge on any atom is 0.416 e. The molecule has 0 fully saturated rings. The van der Waals surface area contributed by atoms with Gasteiger partial charge in [0.05, 0.1) is 18.2 Å². The molecule has 0 radical (unpaired) electrons. The van der Waals surface area contributed by atoms with Gasteiger partial charge in [-0.15, -0.1) is 0 Å². The van der Waals surface area contributed by atoms with Crippen LogP contribution in [-0.4, -0.2) is 17.6 Å². The Kier molecular flexibility index (Phi) is 5.13. The highest BCUT2D eigenvalue weighted by molar-refractivity contribution is 5.70. The van der Waals surface area contributed by atoms with Crippen molar-refractivity contribution < 1.29 is 22.7 Å². The summed E-state index contributed by atoms with van der Waals surface area (Å²) in [5.41, 5.74) is -0.134. The smallest absolute Gasteiger partial charge is 0.416 e.